The molecule has 2 aromatic carbocycles. The maximum atomic E-state index is 14.2. The Hall–Kier alpha value is -2.69. The van der Waals surface area contributed by atoms with Gasteiger partial charge in [-0.1, -0.05) is 43.3 Å². The number of primary amides is 1. The molecule has 1 atom stereocenters. The first-order valence-electron chi connectivity index (χ1n) is 7.93. The second-order valence-corrected chi connectivity index (χ2v) is 5.64. The summed E-state index contributed by atoms with van der Waals surface area (Å²) in [4.78, 5) is 23.2. The minimum Gasteiger partial charge on any atom is -0.370 e. The Bertz CT molecular complexity index is 717. The maximum Gasteiger partial charge on any atom is 0.231 e. The van der Waals surface area contributed by atoms with Gasteiger partial charge in [0.1, 0.15) is 5.82 Å². The van der Waals surface area contributed by atoms with Crippen LogP contribution < -0.4 is 11.1 Å². The molecule has 0 aromatic heterocycles. The van der Waals surface area contributed by atoms with E-state index < -0.39 is 11.7 Å². The number of hydrogen-bond donors (Lipinski definition) is 2. The zero-order chi connectivity index (χ0) is 17.5. The van der Waals surface area contributed by atoms with Crippen LogP contribution in [0.1, 0.15) is 36.8 Å². The molecule has 4 nitrogen and oxygen atoms in total. The van der Waals surface area contributed by atoms with Crippen molar-refractivity contribution in [3.63, 3.8) is 0 Å². The predicted molar refractivity (Wildman–Crippen MR) is 92.0 cm³/mol. The van der Waals surface area contributed by atoms with Gasteiger partial charge in [-0.25, -0.2) is 4.39 Å². The number of halogens is 1. The Labute approximate surface area is 140 Å². The fourth-order valence-electron chi connectivity index (χ4n) is 2.56. The molecule has 0 fully saturated rings. The first-order chi connectivity index (χ1) is 11.5. The average molecular weight is 328 g/mol. The summed E-state index contributed by atoms with van der Waals surface area (Å²) in [5.41, 5.74) is 6.79. The molecule has 5 heteroatoms. The van der Waals surface area contributed by atoms with E-state index in [1.165, 1.54) is 12.1 Å². The lowest BCUT2D eigenvalue weighted by Gasteiger charge is -2.16. The van der Waals surface area contributed by atoms with Crippen molar-refractivity contribution in [1.29, 1.82) is 0 Å². The zero-order valence-electron chi connectivity index (χ0n) is 13.6. The van der Waals surface area contributed by atoms with E-state index in [9.17, 15) is 14.0 Å². The van der Waals surface area contributed by atoms with Crippen LogP contribution in [0.3, 0.4) is 0 Å². The molecule has 0 saturated carbocycles. The lowest BCUT2D eigenvalue weighted by molar-refractivity contribution is -0.118. The van der Waals surface area contributed by atoms with E-state index in [4.69, 9.17) is 5.73 Å². The van der Waals surface area contributed by atoms with Crippen LogP contribution in [0.25, 0.3) is 0 Å². The number of nitrogens with two attached hydrogens (primary N) is 1. The fraction of sp³-hybridized carbons (Fsp3) is 0.263. The van der Waals surface area contributed by atoms with Gasteiger partial charge in [0.2, 0.25) is 11.8 Å². The maximum absolute atomic E-state index is 14.2. The van der Waals surface area contributed by atoms with Crippen molar-refractivity contribution >= 4 is 17.5 Å². The zero-order valence-corrected chi connectivity index (χ0v) is 13.6. The van der Waals surface area contributed by atoms with Gasteiger partial charge >= 0.3 is 0 Å². The second-order valence-electron chi connectivity index (χ2n) is 5.64. The predicted octanol–water partition coefficient (Wildman–Crippen LogP) is 3.38. The highest BCUT2D eigenvalue weighted by Gasteiger charge is 2.19. The molecule has 0 aliphatic heterocycles. The minimum atomic E-state index is -0.520. The summed E-state index contributed by atoms with van der Waals surface area (Å²) in [5, 5.41) is 2.65. The molecule has 0 aliphatic carbocycles. The van der Waals surface area contributed by atoms with Crippen molar-refractivity contribution in [2.75, 3.05) is 5.32 Å². The fourth-order valence-corrected chi connectivity index (χ4v) is 2.56. The molecule has 126 valence electrons. The van der Waals surface area contributed by atoms with E-state index in [2.05, 4.69) is 5.32 Å². The second kappa shape index (κ2) is 8.24. The van der Waals surface area contributed by atoms with Gasteiger partial charge in [0.25, 0.3) is 0 Å². The van der Waals surface area contributed by atoms with Crippen molar-refractivity contribution in [2.45, 2.75) is 32.1 Å². The van der Waals surface area contributed by atoms with E-state index in [1.54, 1.807) is 6.07 Å². The molecule has 1 unspecified atom stereocenters. The molecule has 0 bridgehead atoms. The Morgan fingerprint density at radius 1 is 1.17 bits per heavy atom. The largest absolute Gasteiger partial charge is 0.370 e. The Morgan fingerprint density at radius 3 is 2.46 bits per heavy atom. The van der Waals surface area contributed by atoms with Crippen LogP contribution in [0, 0.1) is 5.82 Å². The number of carbonyl (C=O) groups is 2. The van der Waals surface area contributed by atoms with Gasteiger partial charge in [-0.15, -0.1) is 0 Å². The first kappa shape index (κ1) is 17.7. The lowest BCUT2D eigenvalue weighted by Crippen LogP contribution is -2.21. The van der Waals surface area contributed by atoms with Gasteiger partial charge in [0.05, 0.1) is 11.6 Å². The van der Waals surface area contributed by atoms with Crippen molar-refractivity contribution in [3.05, 3.63) is 65.5 Å². The van der Waals surface area contributed by atoms with Crippen molar-refractivity contribution in [2.24, 2.45) is 5.73 Å². The number of benzene rings is 2. The molecular formula is C19H21FN2O2. The Morgan fingerprint density at radius 2 is 1.88 bits per heavy atom. The van der Waals surface area contributed by atoms with Crippen LogP contribution in [0.4, 0.5) is 10.1 Å². The Balaban J connectivity index is 2.09. The number of carbonyl (C=O) groups excluding carboxylic acids is 2. The third kappa shape index (κ3) is 4.65. The number of nitrogens with one attached hydrogen (secondary N) is 1. The van der Waals surface area contributed by atoms with Crippen LogP contribution in [0.2, 0.25) is 0 Å². The van der Waals surface area contributed by atoms with E-state index in [1.807, 2.05) is 37.3 Å². The average Bonchev–Trinajstić information content (AvgIpc) is 2.57. The molecular weight excluding hydrogens is 307 g/mol. The van der Waals surface area contributed by atoms with E-state index in [0.717, 1.165) is 5.56 Å². The molecule has 2 rings (SSSR count). The highest BCUT2D eigenvalue weighted by atomic mass is 19.1. The third-order valence-electron chi connectivity index (χ3n) is 3.88. The van der Waals surface area contributed by atoms with Crippen LogP contribution >= 0.6 is 0 Å². The monoisotopic (exact) mass is 328 g/mol. The van der Waals surface area contributed by atoms with Crippen LogP contribution in [-0.2, 0) is 16.0 Å². The smallest absolute Gasteiger partial charge is 0.231 e. The van der Waals surface area contributed by atoms with Gasteiger partial charge in [-0.2, -0.15) is 0 Å². The van der Waals surface area contributed by atoms with Gasteiger partial charge in [0.15, 0.2) is 0 Å². The first-order valence-corrected chi connectivity index (χ1v) is 7.93. The summed E-state index contributed by atoms with van der Waals surface area (Å²) in [6.45, 7) is 1.92. The standard InChI is InChI=1S/C19H21FN2O2/c1-2-15(14-6-4-3-5-7-14)19(24)22-17-10-8-13(12-16(17)20)9-11-18(21)23/h3-8,10,12,15H,2,9,11H2,1H3,(H2,21,23)(H,22,24). The van der Waals surface area contributed by atoms with E-state index in [0.29, 0.717) is 18.4 Å². The van der Waals surface area contributed by atoms with Gasteiger partial charge in [-0.3, -0.25) is 9.59 Å². The summed E-state index contributed by atoms with van der Waals surface area (Å²) in [5.74, 6) is -1.53. The van der Waals surface area contributed by atoms with Crippen LogP contribution in [-0.4, -0.2) is 11.8 Å². The van der Waals surface area contributed by atoms with Gasteiger partial charge in [0, 0.05) is 6.42 Å². The SMILES string of the molecule is CCC(C(=O)Nc1ccc(CCC(N)=O)cc1F)c1ccccc1. The van der Waals surface area contributed by atoms with Crippen LogP contribution in [0.5, 0.6) is 0 Å². The number of amides is 2. The lowest BCUT2D eigenvalue weighted by atomic mass is 9.95. The highest BCUT2D eigenvalue weighted by molar-refractivity contribution is 5.95. The number of aryl methyl sites for hydroxylation is 1. The molecule has 0 aliphatic rings. The summed E-state index contributed by atoms with van der Waals surface area (Å²) in [6.07, 6.45) is 1.16. The molecule has 0 radical (unpaired) electrons. The van der Waals surface area contributed by atoms with Crippen molar-refractivity contribution in [1.82, 2.24) is 0 Å². The van der Waals surface area contributed by atoms with Crippen molar-refractivity contribution < 1.29 is 14.0 Å². The molecule has 2 aromatic rings. The topological polar surface area (TPSA) is 72.2 Å². The van der Waals surface area contributed by atoms with Crippen LogP contribution in [0.15, 0.2) is 48.5 Å². The highest BCUT2D eigenvalue weighted by Crippen LogP contribution is 2.23. The molecule has 0 saturated heterocycles. The van der Waals surface area contributed by atoms with E-state index in [-0.39, 0.29) is 23.9 Å². The third-order valence-corrected chi connectivity index (χ3v) is 3.88. The summed E-state index contributed by atoms with van der Waals surface area (Å²) in [7, 11) is 0. The van der Waals surface area contributed by atoms with Gasteiger partial charge < -0.3 is 11.1 Å². The van der Waals surface area contributed by atoms with Crippen molar-refractivity contribution in [3.8, 4) is 0 Å². The summed E-state index contributed by atoms with van der Waals surface area (Å²) >= 11 is 0. The summed E-state index contributed by atoms with van der Waals surface area (Å²) < 4.78 is 14.2. The summed E-state index contributed by atoms with van der Waals surface area (Å²) in [6, 6.07) is 13.9. The number of anilines is 1. The quantitative estimate of drug-likeness (QED) is 0.818. The molecule has 24 heavy (non-hydrogen) atoms. The van der Waals surface area contributed by atoms with E-state index >= 15 is 0 Å². The number of hydrogen-bond acceptors (Lipinski definition) is 2. The normalized spacial score (nSPS) is 11.8. The van der Waals surface area contributed by atoms with Gasteiger partial charge in [-0.05, 0) is 36.1 Å². The number of rotatable bonds is 7. The molecule has 0 spiro atoms. The minimum absolute atomic E-state index is 0.136. The Kier molecular flexibility index (Phi) is 6.07. The molecule has 2 amide bonds. The molecule has 0 heterocycles. The molecule has 3 N–H and O–H groups in total.